The van der Waals surface area contributed by atoms with Crippen LogP contribution in [0.5, 0.6) is 0 Å². The van der Waals surface area contributed by atoms with Crippen molar-refractivity contribution in [2.24, 2.45) is 5.92 Å². The SMILES string of the molecule is O=C(CNC(=O)C1CCCC1)Nc1ncc(Cc2ccc(C(F)(F)F)cc2)s1. The van der Waals surface area contributed by atoms with Crippen LogP contribution in [0, 0.1) is 5.92 Å². The minimum Gasteiger partial charge on any atom is -0.347 e. The molecule has 1 heterocycles. The van der Waals surface area contributed by atoms with Crippen LogP contribution in [0.2, 0.25) is 0 Å². The molecule has 1 aromatic carbocycles. The van der Waals surface area contributed by atoms with Crippen molar-refractivity contribution in [3.63, 3.8) is 0 Å². The van der Waals surface area contributed by atoms with Gasteiger partial charge in [0.05, 0.1) is 12.1 Å². The molecule has 0 atom stereocenters. The van der Waals surface area contributed by atoms with Gasteiger partial charge in [0.25, 0.3) is 0 Å². The predicted molar refractivity (Wildman–Crippen MR) is 100.0 cm³/mol. The number of thiazole rings is 1. The molecule has 150 valence electrons. The van der Waals surface area contributed by atoms with Crippen LogP contribution in [0.3, 0.4) is 0 Å². The molecule has 2 amide bonds. The van der Waals surface area contributed by atoms with Crippen molar-refractivity contribution in [2.75, 3.05) is 11.9 Å². The molecular weight excluding hydrogens is 391 g/mol. The third-order valence-corrected chi connectivity index (χ3v) is 5.52. The number of halogens is 3. The fourth-order valence-electron chi connectivity index (χ4n) is 3.12. The summed E-state index contributed by atoms with van der Waals surface area (Å²) >= 11 is 1.25. The van der Waals surface area contributed by atoms with Crippen LogP contribution in [-0.2, 0) is 22.2 Å². The van der Waals surface area contributed by atoms with Crippen LogP contribution in [-0.4, -0.2) is 23.3 Å². The summed E-state index contributed by atoms with van der Waals surface area (Å²) in [5, 5.41) is 5.66. The molecule has 2 aromatic rings. The minimum atomic E-state index is -4.35. The van der Waals surface area contributed by atoms with Crippen molar-refractivity contribution in [1.29, 1.82) is 0 Å². The van der Waals surface area contributed by atoms with E-state index in [1.54, 1.807) is 6.20 Å². The number of hydrogen-bond acceptors (Lipinski definition) is 4. The molecule has 1 aliphatic carbocycles. The van der Waals surface area contributed by atoms with Crippen molar-refractivity contribution in [3.05, 3.63) is 46.5 Å². The number of aromatic nitrogens is 1. The second-order valence-corrected chi connectivity index (χ2v) is 7.87. The molecule has 0 radical (unpaired) electrons. The average molecular weight is 411 g/mol. The second kappa shape index (κ2) is 8.72. The lowest BCUT2D eigenvalue weighted by molar-refractivity contribution is -0.137. The number of rotatable bonds is 6. The fraction of sp³-hybridized carbons (Fsp3) is 0.421. The van der Waals surface area contributed by atoms with Gasteiger partial charge in [0.15, 0.2) is 5.13 Å². The number of amides is 2. The van der Waals surface area contributed by atoms with Crippen LogP contribution in [0.25, 0.3) is 0 Å². The van der Waals surface area contributed by atoms with Crippen molar-refractivity contribution in [3.8, 4) is 0 Å². The highest BCUT2D eigenvalue weighted by Gasteiger charge is 2.30. The van der Waals surface area contributed by atoms with Crippen molar-refractivity contribution < 1.29 is 22.8 Å². The molecule has 5 nitrogen and oxygen atoms in total. The van der Waals surface area contributed by atoms with E-state index >= 15 is 0 Å². The Morgan fingerprint density at radius 2 is 1.82 bits per heavy atom. The summed E-state index contributed by atoms with van der Waals surface area (Å²) in [6.45, 7) is -0.108. The Morgan fingerprint density at radius 3 is 2.46 bits per heavy atom. The standard InChI is InChI=1S/C19H20F3N3O2S/c20-19(21,22)14-7-5-12(6-8-14)9-15-10-24-18(28-15)25-16(26)11-23-17(27)13-3-1-2-4-13/h5-8,10,13H,1-4,9,11H2,(H,23,27)(H,24,25,26). The first kappa shape index (κ1) is 20.3. The first-order valence-electron chi connectivity index (χ1n) is 8.99. The van der Waals surface area contributed by atoms with E-state index in [2.05, 4.69) is 15.6 Å². The van der Waals surface area contributed by atoms with Gasteiger partial charge in [0.1, 0.15) is 0 Å². The lowest BCUT2D eigenvalue weighted by atomic mass is 10.1. The van der Waals surface area contributed by atoms with E-state index in [9.17, 15) is 22.8 Å². The van der Waals surface area contributed by atoms with E-state index in [-0.39, 0.29) is 24.3 Å². The number of hydrogen-bond donors (Lipinski definition) is 2. The molecular formula is C19H20F3N3O2S. The van der Waals surface area contributed by atoms with E-state index in [4.69, 9.17) is 0 Å². The number of anilines is 1. The number of nitrogens with zero attached hydrogens (tertiary/aromatic N) is 1. The summed E-state index contributed by atoms with van der Waals surface area (Å²) in [7, 11) is 0. The number of carbonyl (C=O) groups excluding carboxylic acids is 2. The average Bonchev–Trinajstić information content (AvgIpc) is 3.32. The first-order valence-corrected chi connectivity index (χ1v) is 9.81. The van der Waals surface area contributed by atoms with Crippen LogP contribution in [0.15, 0.2) is 30.5 Å². The molecule has 1 fully saturated rings. The smallest absolute Gasteiger partial charge is 0.347 e. The van der Waals surface area contributed by atoms with E-state index in [1.807, 2.05) is 0 Å². The molecule has 0 bridgehead atoms. The summed E-state index contributed by atoms with van der Waals surface area (Å²) in [6.07, 6.45) is 1.48. The molecule has 1 aromatic heterocycles. The zero-order valence-corrected chi connectivity index (χ0v) is 15.8. The molecule has 0 aliphatic heterocycles. The lowest BCUT2D eigenvalue weighted by Crippen LogP contribution is -2.36. The molecule has 28 heavy (non-hydrogen) atoms. The monoisotopic (exact) mass is 411 g/mol. The van der Waals surface area contributed by atoms with Gasteiger partial charge in [-0.1, -0.05) is 25.0 Å². The Balaban J connectivity index is 1.48. The molecule has 3 rings (SSSR count). The largest absolute Gasteiger partial charge is 0.416 e. The normalized spacial score (nSPS) is 14.8. The zero-order valence-electron chi connectivity index (χ0n) is 15.0. The van der Waals surface area contributed by atoms with Crippen LogP contribution >= 0.6 is 11.3 Å². The van der Waals surface area contributed by atoms with E-state index in [0.717, 1.165) is 48.3 Å². The fourth-order valence-corrected chi connectivity index (χ4v) is 3.99. The van der Waals surface area contributed by atoms with Gasteiger partial charge in [-0.15, -0.1) is 11.3 Å². The maximum atomic E-state index is 12.6. The summed E-state index contributed by atoms with van der Waals surface area (Å²) in [6, 6.07) is 4.96. The summed E-state index contributed by atoms with van der Waals surface area (Å²) in [5.41, 5.74) is 0.0338. The summed E-state index contributed by atoms with van der Waals surface area (Å²) in [4.78, 5) is 28.8. The highest BCUT2D eigenvalue weighted by atomic mass is 32.1. The van der Waals surface area contributed by atoms with E-state index in [0.29, 0.717) is 11.6 Å². The third kappa shape index (κ3) is 5.54. The van der Waals surface area contributed by atoms with Gasteiger partial charge in [0, 0.05) is 23.4 Å². The maximum Gasteiger partial charge on any atom is 0.416 e. The molecule has 0 spiro atoms. The number of benzene rings is 1. The maximum absolute atomic E-state index is 12.6. The van der Waals surface area contributed by atoms with Gasteiger partial charge < -0.3 is 10.6 Å². The Morgan fingerprint density at radius 1 is 1.14 bits per heavy atom. The first-order chi connectivity index (χ1) is 13.3. The highest BCUT2D eigenvalue weighted by Crippen LogP contribution is 2.30. The molecule has 9 heteroatoms. The van der Waals surface area contributed by atoms with Gasteiger partial charge in [-0.2, -0.15) is 13.2 Å². The minimum absolute atomic E-state index is 0.00278. The number of nitrogens with one attached hydrogen (secondary N) is 2. The van der Waals surface area contributed by atoms with Crippen LogP contribution in [0.1, 0.15) is 41.7 Å². The van der Waals surface area contributed by atoms with Crippen molar-refractivity contribution >= 4 is 28.3 Å². The van der Waals surface area contributed by atoms with Gasteiger partial charge in [-0.25, -0.2) is 4.98 Å². The molecule has 2 N–H and O–H groups in total. The number of carbonyl (C=O) groups is 2. The third-order valence-electron chi connectivity index (χ3n) is 4.61. The van der Waals surface area contributed by atoms with Gasteiger partial charge >= 0.3 is 6.18 Å². The van der Waals surface area contributed by atoms with E-state index in [1.165, 1.54) is 23.5 Å². The van der Waals surface area contributed by atoms with Crippen LogP contribution in [0.4, 0.5) is 18.3 Å². The topological polar surface area (TPSA) is 71.1 Å². The quantitative estimate of drug-likeness (QED) is 0.755. The summed E-state index contributed by atoms with van der Waals surface area (Å²) < 4.78 is 37.8. The van der Waals surface area contributed by atoms with Gasteiger partial charge in [0.2, 0.25) is 11.8 Å². The second-order valence-electron chi connectivity index (χ2n) is 6.75. The highest BCUT2D eigenvalue weighted by molar-refractivity contribution is 7.15. The van der Waals surface area contributed by atoms with Crippen molar-refractivity contribution in [2.45, 2.75) is 38.3 Å². The van der Waals surface area contributed by atoms with Gasteiger partial charge in [-0.3, -0.25) is 9.59 Å². The van der Waals surface area contributed by atoms with Crippen molar-refractivity contribution in [1.82, 2.24) is 10.3 Å². The van der Waals surface area contributed by atoms with Crippen LogP contribution < -0.4 is 10.6 Å². The van der Waals surface area contributed by atoms with E-state index < -0.39 is 11.7 Å². The Hall–Kier alpha value is -2.42. The lowest BCUT2D eigenvalue weighted by Gasteiger charge is -2.09. The Labute approximate surface area is 164 Å². The molecule has 0 unspecified atom stereocenters. The zero-order chi connectivity index (χ0) is 20.1. The molecule has 0 saturated heterocycles. The summed E-state index contributed by atoms with van der Waals surface area (Å²) in [5.74, 6) is -0.445. The predicted octanol–water partition coefficient (Wildman–Crippen LogP) is 4.00. The Bertz CT molecular complexity index is 828. The Kier molecular flexibility index (Phi) is 6.33. The molecule has 1 saturated carbocycles. The number of alkyl halides is 3. The van der Waals surface area contributed by atoms with Gasteiger partial charge in [-0.05, 0) is 30.5 Å². The molecule has 1 aliphatic rings.